The first-order valence-corrected chi connectivity index (χ1v) is 6.68. The number of halogens is 1. The number of hydrogen-bond acceptors (Lipinski definition) is 1. The van der Waals surface area contributed by atoms with Gasteiger partial charge in [0, 0.05) is 6.07 Å². The first-order chi connectivity index (χ1) is 6.74. The molecule has 14 heavy (non-hydrogen) atoms. The molecule has 72 valence electrons. The zero-order valence-corrected chi connectivity index (χ0v) is 10.4. The first kappa shape index (κ1) is 9.77. The lowest BCUT2D eigenvalue weighted by molar-refractivity contribution is -0.617. The monoisotopic (exact) mass is 299 g/mol. The minimum atomic E-state index is -0.130. The highest BCUT2D eigenvalue weighted by molar-refractivity contribution is 5.11. The van der Waals surface area contributed by atoms with Gasteiger partial charge < -0.3 is 4.42 Å². The van der Waals surface area contributed by atoms with Crippen LogP contribution in [-0.4, -0.2) is 0 Å². The lowest BCUT2D eigenvalue weighted by atomic mass is 10.2. The van der Waals surface area contributed by atoms with Crippen molar-refractivity contribution < 1.29 is 25.6 Å². The molecule has 0 amide bonds. The zero-order valence-electron chi connectivity index (χ0n) is 8.25. The summed E-state index contributed by atoms with van der Waals surface area (Å²) in [4.78, 5) is 0. The predicted molar refractivity (Wildman–Crippen MR) is 52.0 cm³/mol. The van der Waals surface area contributed by atoms with Crippen molar-refractivity contribution in [3.63, 3.8) is 0 Å². The Labute approximate surface area is 94.4 Å². The fraction of sp³-hybridized carbons (Fsp3) is 0.167. The van der Waals surface area contributed by atoms with Crippen LogP contribution in [0.1, 0.15) is 11.3 Å². The van der Waals surface area contributed by atoms with E-state index < -0.39 is 0 Å². The van der Waals surface area contributed by atoms with Gasteiger partial charge in [0.25, 0.3) is 0 Å². The third-order valence-corrected chi connectivity index (χ3v) is 4.37. The van der Waals surface area contributed by atoms with Crippen molar-refractivity contribution in [1.82, 2.24) is 0 Å². The normalized spacial score (nSPS) is 10.4. The number of hydrogen-bond donors (Lipinski definition) is 0. The molecule has 0 fully saturated rings. The Kier molecular flexibility index (Phi) is 2.91. The summed E-state index contributed by atoms with van der Waals surface area (Å²) in [6.07, 6.45) is 0. The summed E-state index contributed by atoms with van der Waals surface area (Å²) < 4.78 is 8.12. The van der Waals surface area contributed by atoms with Gasteiger partial charge in [-0.3, -0.25) is 0 Å². The molecule has 1 aromatic carbocycles. The Morgan fingerprint density at radius 3 is 2.21 bits per heavy atom. The molecule has 0 saturated heterocycles. The molecule has 0 saturated carbocycles. The van der Waals surface area contributed by atoms with Crippen molar-refractivity contribution in [2.45, 2.75) is 13.8 Å². The van der Waals surface area contributed by atoms with E-state index in [1.54, 1.807) is 0 Å². The van der Waals surface area contributed by atoms with Crippen LogP contribution in [0.5, 0.6) is 0 Å². The average molecular weight is 299 g/mol. The summed E-state index contributed by atoms with van der Waals surface area (Å²) in [5, 5.41) is 0. The van der Waals surface area contributed by atoms with Crippen LogP contribution < -0.4 is 21.2 Å². The Balaban J connectivity index is 2.15. The summed E-state index contributed by atoms with van der Waals surface area (Å²) >= 11 is -0.130. The zero-order chi connectivity index (χ0) is 9.97. The van der Waals surface area contributed by atoms with E-state index >= 15 is 0 Å². The molecule has 2 rings (SSSR count). The lowest BCUT2D eigenvalue weighted by Gasteiger charge is -1.86. The molecule has 2 aromatic rings. The molecule has 0 spiro atoms. The van der Waals surface area contributed by atoms with E-state index in [0.29, 0.717) is 0 Å². The largest absolute Gasteiger partial charge is 0.424 e. The van der Waals surface area contributed by atoms with Crippen LogP contribution in [0.25, 0.3) is 0 Å². The number of aryl methyl sites for hydroxylation is 2. The van der Waals surface area contributed by atoms with E-state index in [-0.39, 0.29) is 21.2 Å². The smallest absolute Gasteiger partial charge is 0.400 e. The first-order valence-electron chi connectivity index (χ1n) is 4.52. The van der Waals surface area contributed by atoms with E-state index in [9.17, 15) is 0 Å². The minimum Gasteiger partial charge on any atom is -0.424 e. The van der Waals surface area contributed by atoms with Gasteiger partial charge in [-0.2, -0.15) is 0 Å². The van der Waals surface area contributed by atoms with Gasteiger partial charge in [0.1, 0.15) is 5.76 Å². The van der Waals surface area contributed by atoms with Gasteiger partial charge in [-0.05, 0) is 32.0 Å². The van der Waals surface area contributed by atoms with Crippen molar-refractivity contribution >= 4 is 0 Å². The Bertz CT molecular complexity index is 414. The summed E-state index contributed by atoms with van der Waals surface area (Å²) in [5.41, 5.74) is 1.31. The Hall–Kier alpha value is -0.770. The van der Waals surface area contributed by atoms with Gasteiger partial charge in [-0.1, -0.05) is 17.7 Å². The van der Waals surface area contributed by atoms with E-state index in [2.05, 4.69) is 37.3 Å². The molecule has 0 aliphatic rings. The quantitative estimate of drug-likeness (QED) is 0.713. The molecule has 0 radical (unpaired) electrons. The minimum absolute atomic E-state index is 0.130. The highest BCUT2D eigenvalue weighted by Gasteiger charge is 2.18. The Morgan fingerprint density at radius 2 is 1.64 bits per heavy atom. The predicted octanol–water partition coefficient (Wildman–Crippen LogP) is 0.0248. The standard InChI is InChI=1S/C12H12IO/c1-9-3-6-11(7-4-9)13-12-8-5-10(2)14-12/h3-8H,1-2H3/q+1. The van der Waals surface area contributed by atoms with Gasteiger partial charge in [0.2, 0.25) is 0 Å². The van der Waals surface area contributed by atoms with Gasteiger partial charge in [0.05, 0.1) is 0 Å². The summed E-state index contributed by atoms with van der Waals surface area (Å²) in [7, 11) is 0. The van der Waals surface area contributed by atoms with Crippen LogP contribution in [0, 0.1) is 21.2 Å². The van der Waals surface area contributed by atoms with Crippen LogP contribution in [0.4, 0.5) is 0 Å². The molecule has 0 unspecified atom stereocenters. The van der Waals surface area contributed by atoms with Crippen LogP contribution in [0.2, 0.25) is 0 Å². The van der Waals surface area contributed by atoms with E-state index in [1.165, 1.54) is 9.13 Å². The third-order valence-electron chi connectivity index (χ3n) is 1.92. The number of rotatable bonds is 2. The van der Waals surface area contributed by atoms with E-state index in [4.69, 9.17) is 4.42 Å². The highest BCUT2D eigenvalue weighted by Crippen LogP contribution is 1.96. The Morgan fingerprint density at radius 1 is 0.929 bits per heavy atom. The maximum Gasteiger partial charge on any atom is 0.400 e. The lowest BCUT2D eigenvalue weighted by Crippen LogP contribution is -3.61. The molecule has 0 aliphatic carbocycles. The molecular weight excluding hydrogens is 287 g/mol. The SMILES string of the molecule is Cc1ccc([I+]c2ccc(C)o2)cc1. The molecule has 1 nitrogen and oxygen atoms in total. The van der Waals surface area contributed by atoms with Crippen molar-refractivity contribution in [3.05, 3.63) is 55.1 Å². The second-order valence-electron chi connectivity index (χ2n) is 3.24. The maximum absolute atomic E-state index is 5.57. The maximum atomic E-state index is 5.57. The molecule has 1 aromatic heterocycles. The molecule has 1 heterocycles. The van der Waals surface area contributed by atoms with Crippen molar-refractivity contribution in [3.8, 4) is 0 Å². The molecule has 0 bridgehead atoms. The van der Waals surface area contributed by atoms with Gasteiger partial charge in [0.15, 0.2) is 3.57 Å². The van der Waals surface area contributed by atoms with Crippen LogP contribution in [0.3, 0.4) is 0 Å². The summed E-state index contributed by atoms with van der Waals surface area (Å²) in [5.74, 6) is 1.01. The second-order valence-corrected chi connectivity index (χ2v) is 6.09. The molecule has 0 aliphatic heterocycles. The topological polar surface area (TPSA) is 13.1 Å². The third kappa shape index (κ3) is 2.38. The summed E-state index contributed by atoms with van der Waals surface area (Å²) in [6.45, 7) is 4.10. The number of furan rings is 1. The van der Waals surface area contributed by atoms with Gasteiger partial charge in [-0.15, -0.1) is 0 Å². The van der Waals surface area contributed by atoms with Crippen LogP contribution in [0.15, 0.2) is 40.8 Å². The molecule has 0 atom stereocenters. The highest BCUT2D eigenvalue weighted by atomic mass is 127. The van der Waals surface area contributed by atoms with Crippen molar-refractivity contribution in [2.24, 2.45) is 0 Å². The molecular formula is C12H12IO+. The van der Waals surface area contributed by atoms with Crippen LogP contribution in [-0.2, 0) is 0 Å². The summed E-state index contributed by atoms with van der Waals surface area (Å²) in [6, 6.07) is 12.8. The fourth-order valence-corrected chi connectivity index (χ4v) is 3.31. The van der Waals surface area contributed by atoms with E-state index in [1.807, 2.05) is 13.0 Å². The fourth-order valence-electron chi connectivity index (χ4n) is 1.16. The molecule has 2 heteroatoms. The van der Waals surface area contributed by atoms with Crippen LogP contribution >= 0.6 is 0 Å². The second kappa shape index (κ2) is 4.17. The van der Waals surface area contributed by atoms with Gasteiger partial charge in [-0.25, -0.2) is 0 Å². The van der Waals surface area contributed by atoms with E-state index in [0.717, 1.165) is 9.53 Å². The number of benzene rings is 1. The van der Waals surface area contributed by atoms with Gasteiger partial charge >= 0.3 is 25.0 Å². The molecule has 0 N–H and O–H groups in total. The average Bonchev–Trinajstić information content (AvgIpc) is 2.56. The van der Waals surface area contributed by atoms with Crippen molar-refractivity contribution in [2.75, 3.05) is 0 Å². The van der Waals surface area contributed by atoms with Crippen molar-refractivity contribution in [1.29, 1.82) is 0 Å².